The minimum atomic E-state index is -1.32. The Labute approximate surface area is 153 Å². The van der Waals surface area contributed by atoms with Crippen LogP contribution in [0, 0.1) is 10.1 Å². The Morgan fingerprint density at radius 1 is 1.31 bits per heavy atom. The lowest BCUT2D eigenvalue weighted by Gasteiger charge is -2.16. The molecule has 0 saturated carbocycles. The van der Waals surface area contributed by atoms with Gasteiger partial charge in [0, 0.05) is 24.1 Å². The number of ether oxygens (including phenoxy) is 1. The third-order valence-electron chi connectivity index (χ3n) is 3.62. The van der Waals surface area contributed by atoms with E-state index < -0.39 is 22.8 Å². The lowest BCUT2D eigenvalue weighted by atomic mass is 10.0. The zero-order valence-corrected chi connectivity index (χ0v) is 14.4. The van der Waals surface area contributed by atoms with Crippen LogP contribution in [0.2, 0.25) is 5.02 Å². The molecule has 1 amide bonds. The molecule has 0 radical (unpaired) electrons. The number of nitro groups is 1. The summed E-state index contributed by atoms with van der Waals surface area (Å²) in [5.41, 5.74) is 0.211. The van der Waals surface area contributed by atoms with Gasteiger partial charge >= 0.3 is 5.97 Å². The fourth-order valence-electron chi connectivity index (χ4n) is 2.34. The molecule has 2 aromatic rings. The molecule has 0 aromatic heterocycles. The number of amides is 1. The number of non-ortho nitro benzene ring substituents is 1. The molecule has 0 aliphatic heterocycles. The molecular formula is C17H15ClN2O6. The third kappa shape index (κ3) is 4.48. The summed E-state index contributed by atoms with van der Waals surface area (Å²) in [6, 6.07) is 8.73. The van der Waals surface area contributed by atoms with E-state index in [0.29, 0.717) is 0 Å². The van der Waals surface area contributed by atoms with Gasteiger partial charge in [-0.25, -0.2) is 4.79 Å². The van der Waals surface area contributed by atoms with Gasteiger partial charge in [-0.15, -0.1) is 0 Å². The highest BCUT2D eigenvalue weighted by molar-refractivity contribution is 6.33. The lowest BCUT2D eigenvalue weighted by molar-refractivity contribution is -0.384. The average Bonchev–Trinajstić information content (AvgIpc) is 2.61. The predicted molar refractivity (Wildman–Crippen MR) is 93.7 cm³/mol. The van der Waals surface area contributed by atoms with Gasteiger partial charge in [-0.1, -0.05) is 23.7 Å². The number of hydrogen-bond acceptors (Lipinski definition) is 5. The van der Waals surface area contributed by atoms with Crippen LogP contribution in [0.15, 0.2) is 42.5 Å². The highest BCUT2D eigenvalue weighted by Gasteiger charge is 2.24. The number of nitro benzene ring substituents is 1. The van der Waals surface area contributed by atoms with E-state index in [1.54, 1.807) is 12.1 Å². The number of carbonyl (C=O) groups excluding carboxylic acids is 1. The molecule has 1 atom stereocenters. The monoisotopic (exact) mass is 378 g/mol. The Balaban J connectivity index is 2.27. The Bertz CT molecular complexity index is 855. The van der Waals surface area contributed by atoms with Crippen LogP contribution in [0.1, 0.15) is 15.9 Å². The smallest absolute Gasteiger partial charge is 0.326 e. The lowest BCUT2D eigenvalue weighted by Crippen LogP contribution is -2.42. The topological polar surface area (TPSA) is 119 Å². The number of benzene rings is 2. The third-order valence-corrected chi connectivity index (χ3v) is 3.95. The van der Waals surface area contributed by atoms with Gasteiger partial charge in [0.25, 0.3) is 11.6 Å². The number of nitrogens with one attached hydrogen (secondary N) is 1. The van der Waals surface area contributed by atoms with Crippen LogP contribution < -0.4 is 10.1 Å². The number of halogens is 1. The van der Waals surface area contributed by atoms with Gasteiger partial charge in [0.15, 0.2) is 0 Å². The first kappa shape index (κ1) is 19.2. The van der Waals surface area contributed by atoms with E-state index in [0.717, 1.165) is 0 Å². The van der Waals surface area contributed by atoms with Crippen LogP contribution in [0.4, 0.5) is 5.69 Å². The van der Waals surface area contributed by atoms with E-state index in [4.69, 9.17) is 16.3 Å². The molecule has 0 aliphatic rings. The van der Waals surface area contributed by atoms with Crippen molar-refractivity contribution in [2.75, 3.05) is 7.11 Å². The van der Waals surface area contributed by atoms with Crippen molar-refractivity contribution >= 4 is 29.2 Å². The normalized spacial score (nSPS) is 11.5. The van der Waals surface area contributed by atoms with Crippen LogP contribution in [0.25, 0.3) is 0 Å². The summed E-state index contributed by atoms with van der Waals surface area (Å²) >= 11 is 5.94. The number of methoxy groups -OCH3 is 1. The van der Waals surface area contributed by atoms with Crippen molar-refractivity contribution in [1.29, 1.82) is 0 Å². The fraction of sp³-hybridized carbons (Fsp3) is 0.176. The molecule has 2 rings (SSSR count). The summed E-state index contributed by atoms with van der Waals surface area (Å²) in [6.07, 6.45) is -0.198. The van der Waals surface area contributed by atoms with Gasteiger partial charge in [0.05, 0.1) is 22.6 Å². The van der Waals surface area contributed by atoms with E-state index in [9.17, 15) is 24.8 Å². The van der Waals surface area contributed by atoms with E-state index in [1.807, 2.05) is 0 Å². The second-order valence-electron chi connectivity index (χ2n) is 5.30. The molecule has 0 spiro atoms. The Kier molecular flexibility index (Phi) is 6.13. The molecule has 0 bridgehead atoms. The molecule has 26 heavy (non-hydrogen) atoms. The molecule has 0 aliphatic carbocycles. The SMILES string of the molecule is COc1ccc([N+](=O)[O-])cc1C[C@@H](NC(=O)c1ccccc1Cl)C(=O)O. The number of carboxylic acid groups (broad SMARTS) is 1. The maximum absolute atomic E-state index is 12.3. The van der Waals surface area contributed by atoms with Crippen molar-refractivity contribution in [2.45, 2.75) is 12.5 Å². The van der Waals surface area contributed by atoms with E-state index in [2.05, 4.69) is 5.32 Å². The van der Waals surface area contributed by atoms with Gasteiger partial charge < -0.3 is 15.2 Å². The van der Waals surface area contributed by atoms with Crippen molar-refractivity contribution in [3.8, 4) is 5.75 Å². The number of hydrogen-bond donors (Lipinski definition) is 2. The Hall–Kier alpha value is -3.13. The first-order valence-electron chi connectivity index (χ1n) is 7.43. The van der Waals surface area contributed by atoms with Gasteiger partial charge in [-0.2, -0.15) is 0 Å². The van der Waals surface area contributed by atoms with E-state index in [-0.39, 0.29) is 34.0 Å². The maximum atomic E-state index is 12.3. The summed E-state index contributed by atoms with van der Waals surface area (Å²) in [5, 5.41) is 22.9. The second kappa shape index (κ2) is 8.30. The summed E-state index contributed by atoms with van der Waals surface area (Å²) in [4.78, 5) is 34.2. The van der Waals surface area contributed by atoms with Gasteiger partial charge in [0.2, 0.25) is 0 Å². The molecule has 2 N–H and O–H groups in total. The van der Waals surface area contributed by atoms with Gasteiger partial charge in [-0.3, -0.25) is 14.9 Å². The van der Waals surface area contributed by atoms with Crippen LogP contribution in [0.5, 0.6) is 5.75 Å². The largest absolute Gasteiger partial charge is 0.496 e. The predicted octanol–water partition coefficient (Wildman–Crippen LogP) is 2.68. The first-order chi connectivity index (χ1) is 12.3. The second-order valence-corrected chi connectivity index (χ2v) is 5.71. The number of carbonyl (C=O) groups is 2. The molecular weight excluding hydrogens is 364 g/mol. The molecule has 0 heterocycles. The van der Waals surface area contributed by atoms with Crippen LogP contribution in [-0.2, 0) is 11.2 Å². The van der Waals surface area contributed by atoms with Crippen molar-refractivity contribution in [3.63, 3.8) is 0 Å². The Morgan fingerprint density at radius 2 is 2.00 bits per heavy atom. The highest BCUT2D eigenvalue weighted by atomic mass is 35.5. The van der Waals surface area contributed by atoms with Gasteiger partial charge in [-0.05, 0) is 18.2 Å². The van der Waals surface area contributed by atoms with Crippen molar-refractivity contribution in [1.82, 2.24) is 5.32 Å². The fourth-order valence-corrected chi connectivity index (χ4v) is 2.56. The van der Waals surface area contributed by atoms with E-state index in [1.165, 1.54) is 37.4 Å². The van der Waals surface area contributed by atoms with E-state index >= 15 is 0 Å². The number of aliphatic carboxylic acids is 1. The van der Waals surface area contributed by atoms with Crippen LogP contribution >= 0.6 is 11.6 Å². The van der Waals surface area contributed by atoms with Crippen LogP contribution in [0.3, 0.4) is 0 Å². The zero-order valence-electron chi connectivity index (χ0n) is 13.6. The quantitative estimate of drug-likeness (QED) is 0.564. The first-order valence-corrected chi connectivity index (χ1v) is 7.80. The molecule has 0 fully saturated rings. The van der Waals surface area contributed by atoms with Crippen molar-refractivity contribution < 1.29 is 24.4 Å². The minimum Gasteiger partial charge on any atom is -0.496 e. The number of nitrogens with zero attached hydrogens (tertiary/aromatic N) is 1. The summed E-state index contributed by atoms with van der Waals surface area (Å²) in [6.45, 7) is 0. The number of rotatable bonds is 7. The molecule has 136 valence electrons. The summed E-state index contributed by atoms with van der Waals surface area (Å²) < 4.78 is 5.12. The molecule has 8 nitrogen and oxygen atoms in total. The average molecular weight is 379 g/mol. The van der Waals surface area contributed by atoms with Gasteiger partial charge in [0.1, 0.15) is 11.8 Å². The standard InChI is InChI=1S/C17H15ClN2O6/c1-26-15-7-6-11(20(24)25)8-10(15)9-14(17(22)23)19-16(21)12-4-2-3-5-13(12)18/h2-8,14H,9H2,1H3,(H,19,21)(H,22,23)/t14-/m1/s1. The molecule has 9 heteroatoms. The van der Waals surface area contributed by atoms with Crippen molar-refractivity contribution in [2.24, 2.45) is 0 Å². The van der Waals surface area contributed by atoms with Crippen molar-refractivity contribution in [3.05, 3.63) is 68.7 Å². The molecule has 0 saturated heterocycles. The Morgan fingerprint density at radius 3 is 2.58 bits per heavy atom. The zero-order chi connectivity index (χ0) is 19.3. The summed E-state index contributed by atoms with van der Waals surface area (Å²) in [7, 11) is 1.36. The minimum absolute atomic E-state index is 0.131. The number of carboxylic acids is 1. The molecule has 0 unspecified atom stereocenters. The maximum Gasteiger partial charge on any atom is 0.326 e. The molecule has 2 aromatic carbocycles. The van der Waals surface area contributed by atoms with Crippen LogP contribution in [-0.4, -0.2) is 35.1 Å². The summed E-state index contributed by atoms with van der Waals surface area (Å²) in [5.74, 6) is -1.67. The highest BCUT2D eigenvalue weighted by Crippen LogP contribution is 2.25.